The molecule has 0 radical (unpaired) electrons. The van der Waals surface area contributed by atoms with Crippen molar-refractivity contribution >= 4 is 0 Å². The minimum absolute atomic E-state index is 0.179. The summed E-state index contributed by atoms with van der Waals surface area (Å²) in [4.78, 5) is 0. The van der Waals surface area contributed by atoms with Gasteiger partial charge in [0, 0.05) is 6.54 Å². The molecule has 0 saturated carbocycles. The molecule has 0 aliphatic rings. The second kappa shape index (κ2) is 6.35. The van der Waals surface area contributed by atoms with Gasteiger partial charge in [0.2, 0.25) is 0 Å². The van der Waals surface area contributed by atoms with Crippen LogP contribution in [0.25, 0.3) is 0 Å². The Hall–Kier alpha value is -1.26. The third-order valence-corrected chi connectivity index (χ3v) is 2.34. The molecule has 4 nitrogen and oxygen atoms in total. The Morgan fingerprint density at radius 1 is 1.38 bits per heavy atom. The number of nitrogens with two attached hydrogens (primary N) is 1. The van der Waals surface area contributed by atoms with Crippen LogP contribution in [-0.4, -0.2) is 31.5 Å². The normalized spacial score (nSPS) is 12.2. The highest BCUT2D eigenvalue weighted by atomic mass is 16.5. The van der Waals surface area contributed by atoms with Crippen LogP contribution in [-0.2, 0) is 6.42 Å². The molecule has 0 fully saturated rings. The lowest BCUT2D eigenvalue weighted by atomic mass is 10.1. The molecule has 0 amide bonds. The van der Waals surface area contributed by atoms with Crippen molar-refractivity contribution in [3.8, 4) is 11.5 Å². The molecule has 0 spiro atoms. The largest absolute Gasteiger partial charge is 0.493 e. The SMILES string of the molecule is CCc1ccc(OCC(O)CN)c(OC)c1. The maximum Gasteiger partial charge on any atom is 0.161 e. The second-order valence-corrected chi connectivity index (χ2v) is 3.54. The second-order valence-electron chi connectivity index (χ2n) is 3.54. The third-order valence-electron chi connectivity index (χ3n) is 2.34. The fourth-order valence-corrected chi connectivity index (χ4v) is 1.31. The first-order chi connectivity index (χ1) is 7.71. The van der Waals surface area contributed by atoms with Crippen LogP contribution in [0.15, 0.2) is 18.2 Å². The maximum atomic E-state index is 9.29. The molecule has 3 N–H and O–H groups in total. The van der Waals surface area contributed by atoms with Crippen LogP contribution in [0.5, 0.6) is 11.5 Å². The molecule has 0 heterocycles. The number of ether oxygens (including phenoxy) is 2. The predicted octanol–water partition coefficient (Wildman–Crippen LogP) is 0.956. The van der Waals surface area contributed by atoms with Crippen molar-refractivity contribution in [1.82, 2.24) is 0 Å². The lowest BCUT2D eigenvalue weighted by molar-refractivity contribution is 0.112. The number of benzene rings is 1. The minimum Gasteiger partial charge on any atom is -0.493 e. The van der Waals surface area contributed by atoms with Crippen molar-refractivity contribution in [3.05, 3.63) is 23.8 Å². The number of hydrogen-bond donors (Lipinski definition) is 2. The summed E-state index contributed by atoms with van der Waals surface area (Å²) in [5, 5.41) is 9.29. The average Bonchev–Trinajstić information content (AvgIpc) is 2.35. The fourth-order valence-electron chi connectivity index (χ4n) is 1.31. The molecule has 0 saturated heterocycles. The van der Waals surface area contributed by atoms with Gasteiger partial charge in [-0.05, 0) is 24.1 Å². The number of methoxy groups -OCH3 is 1. The summed E-state index contributed by atoms with van der Waals surface area (Å²) in [5.41, 5.74) is 6.48. The van der Waals surface area contributed by atoms with Gasteiger partial charge in [-0.25, -0.2) is 0 Å². The van der Waals surface area contributed by atoms with Gasteiger partial charge in [-0.15, -0.1) is 0 Å². The number of hydrogen-bond acceptors (Lipinski definition) is 4. The van der Waals surface area contributed by atoms with Crippen molar-refractivity contribution in [2.24, 2.45) is 5.73 Å². The molecule has 4 heteroatoms. The average molecular weight is 225 g/mol. The first kappa shape index (κ1) is 12.8. The van der Waals surface area contributed by atoms with E-state index in [4.69, 9.17) is 15.2 Å². The van der Waals surface area contributed by atoms with Crippen LogP contribution in [0.1, 0.15) is 12.5 Å². The monoisotopic (exact) mass is 225 g/mol. The van der Waals surface area contributed by atoms with E-state index in [0.29, 0.717) is 11.5 Å². The van der Waals surface area contributed by atoms with E-state index in [0.717, 1.165) is 6.42 Å². The fraction of sp³-hybridized carbons (Fsp3) is 0.500. The van der Waals surface area contributed by atoms with Crippen LogP contribution >= 0.6 is 0 Å². The molecule has 1 aromatic carbocycles. The molecule has 0 aromatic heterocycles. The first-order valence-corrected chi connectivity index (χ1v) is 5.39. The summed E-state index contributed by atoms with van der Waals surface area (Å²) in [7, 11) is 1.60. The zero-order valence-electron chi connectivity index (χ0n) is 9.77. The Morgan fingerprint density at radius 3 is 2.69 bits per heavy atom. The summed E-state index contributed by atoms with van der Waals surface area (Å²) in [6, 6.07) is 5.76. The molecule has 1 unspecified atom stereocenters. The lowest BCUT2D eigenvalue weighted by Gasteiger charge is -2.13. The summed E-state index contributed by atoms with van der Waals surface area (Å²) >= 11 is 0. The maximum absolute atomic E-state index is 9.29. The van der Waals surface area contributed by atoms with Crippen LogP contribution < -0.4 is 15.2 Å². The van der Waals surface area contributed by atoms with Crippen molar-refractivity contribution in [1.29, 1.82) is 0 Å². The van der Waals surface area contributed by atoms with Gasteiger partial charge in [0.1, 0.15) is 12.7 Å². The van der Waals surface area contributed by atoms with Gasteiger partial charge >= 0.3 is 0 Å². The molecular formula is C12H19NO3. The molecule has 1 atom stereocenters. The summed E-state index contributed by atoms with van der Waals surface area (Å²) in [6.45, 7) is 2.45. The van der Waals surface area contributed by atoms with Crippen molar-refractivity contribution < 1.29 is 14.6 Å². The minimum atomic E-state index is -0.643. The van der Waals surface area contributed by atoms with Gasteiger partial charge < -0.3 is 20.3 Å². The molecule has 90 valence electrons. The summed E-state index contributed by atoms with van der Waals surface area (Å²) in [6.07, 6.45) is 0.303. The summed E-state index contributed by atoms with van der Waals surface area (Å²) in [5.74, 6) is 1.32. The van der Waals surface area contributed by atoms with Gasteiger partial charge in [0.15, 0.2) is 11.5 Å². The van der Waals surface area contributed by atoms with E-state index in [1.807, 2.05) is 18.2 Å². The Bertz CT molecular complexity index is 328. The summed E-state index contributed by atoms with van der Waals surface area (Å²) < 4.78 is 10.6. The van der Waals surface area contributed by atoms with E-state index in [2.05, 4.69) is 6.92 Å². The number of aliphatic hydroxyl groups excluding tert-OH is 1. The Kier molecular flexibility index (Phi) is 5.08. The predicted molar refractivity (Wildman–Crippen MR) is 62.9 cm³/mol. The lowest BCUT2D eigenvalue weighted by Crippen LogP contribution is -2.26. The van der Waals surface area contributed by atoms with Gasteiger partial charge in [0.25, 0.3) is 0 Å². The molecular weight excluding hydrogens is 206 g/mol. The number of aliphatic hydroxyl groups is 1. The molecule has 1 aromatic rings. The van der Waals surface area contributed by atoms with Gasteiger partial charge in [-0.2, -0.15) is 0 Å². The smallest absolute Gasteiger partial charge is 0.161 e. The van der Waals surface area contributed by atoms with E-state index in [1.54, 1.807) is 7.11 Å². The van der Waals surface area contributed by atoms with Gasteiger partial charge in [-0.3, -0.25) is 0 Å². The first-order valence-electron chi connectivity index (χ1n) is 5.39. The van der Waals surface area contributed by atoms with E-state index < -0.39 is 6.10 Å². The zero-order valence-corrected chi connectivity index (χ0v) is 9.77. The third kappa shape index (κ3) is 3.40. The van der Waals surface area contributed by atoms with E-state index in [9.17, 15) is 5.11 Å². The van der Waals surface area contributed by atoms with Crippen molar-refractivity contribution in [3.63, 3.8) is 0 Å². The van der Waals surface area contributed by atoms with Crippen LogP contribution in [0, 0.1) is 0 Å². The van der Waals surface area contributed by atoms with Gasteiger partial charge in [0.05, 0.1) is 7.11 Å². The Morgan fingerprint density at radius 2 is 2.12 bits per heavy atom. The molecule has 16 heavy (non-hydrogen) atoms. The quantitative estimate of drug-likeness (QED) is 0.756. The Balaban J connectivity index is 2.71. The van der Waals surface area contributed by atoms with Crippen LogP contribution in [0.2, 0.25) is 0 Å². The van der Waals surface area contributed by atoms with Crippen LogP contribution in [0.4, 0.5) is 0 Å². The molecule has 0 aliphatic heterocycles. The topological polar surface area (TPSA) is 64.7 Å². The highest BCUT2D eigenvalue weighted by molar-refractivity contribution is 5.42. The Labute approximate surface area is 96.0 Å². The van der Waals surface area contributed by atoms with Gasteiger partial charge in [-0.1, -0.05) is 13.0 Å². The van der Waals surface area contributed by atoms with E-state index in [-0.39, 0.29) is 13.2 Å². The number of rotatable bonds is 6. The molecule has 0 bridgehead atoms. The molecule has 1 rings (SSSR count). The van der Waals surface area contributed by atoms with Crippen molar-refractivity contribution in [2.45, 2.75) is 19.4 Å². The van der Waals surface area contributed by atoms with Crippen molar-refractivity contribution in [2.75, 3.05) is 20.3 Å². The zero-order chi connectivity index (χ0) is 12.0. The standard InChI is InChI=1S/C12H19NO3/c1-3-9-4-5-11(12(6-9)15-2)16-8-10(14)7-13/h4-6,10,14H,3,7-8,13H2,1-2H3. The number of aryl methyl sites for hydroxylation is 1. The van der Waals surface area contributed by atoms with Crippen LogP contribution in [0.3, 0.4) is 0 Å². The highest BCUT2D eigenvalue weighted by Crippen LogP contribution is 2.28. The highest BCUT2D eigenvalue weighted by Gasteiger charge is 2.07. The van der Waals surface area contributed by atoms with E-state index >= 15 is 0 Å². The van der Waals surface area contributed by atoms with E-state index in [1.165, 1.54) is 5.56 Å². The molecule has 0 aliphatic carbocycles.